The number of pyridine rings is 1. The Hall–Kier alpha value is -2.04. The first-order valence-corrected chi connectivity index (χ1v) is 7.82. The van der Waals surface area contributed by atoms with Gasteiger partial charge in [0.1, 0.15) is 5.82 Å². The van der Waals surface area contributed by atoms with Gasteiger partial charge >= 0.3 is 6.18 Å². The highest BCUT2D eigenvalue weighted by atomic mass is 127. The number of nitrogens with zero attached hydrogens (tertiary/aromatic N) is 2. The van der Waals surface area contributed by atoms with Crippen LogP contribution in [0.5, 0.6) is 0 Å². The minimum atomic E-state index is -4.45. The van der Waals surface area contributed by atoms with Crippen molar-refractivity contribution in [2.24, 2.45) is 10.7 Å². The van der Waals surface area contributed by atoms with Crippen molar-refractivity contribution < 1.29 is 13.2 Å². The van der Waals surface area contributed by atoms with Gasteiger partial charge in [-0.1, -0.05) is 19.1 Å². The first kappa shape index (κ1) is 22.0. The molecule has 0 atom stereocenters. The molecule has 0 fully saturated rings. The minimum absolute atomic E-state index is 0. The smallest absolute Gasteiger partial charge is 0.370 e. The van der Waals surface area contributed by atoms with Crippen molar-refractivity contribution in [3.05, 3.63) is 53.7 Å². The third-order valence-corrected chi connectivity index (χ3v) is 3.41. The largest absolute Gasteiger partial charge is 0.419 e. The lowest BCUT2D eigenvalue weighted by Crippen LogP contribution is -2.24. The summed E-state index contributed by atoms with van der Waals surface area (Å²) in [6.45, 7) is 2.44. The number of nitrogens with two attached hydrogens (primary N) is 1. The molecule has 0 aliphatic heterocycles. The molecule has 5 nitrogen and oxygen atoms in total. The topological polar surface area (TPSA) is 75.3 Å². The van der Waals surface area contributed by atoms with Crippen LogP contribution in [-0.2, 0) is 12.6 Å². The Balaban J connectivity index is 0.00000338. The van der Waals surface area contributed by atoms with E-state index in [1.165, 1.54) is 12.3 Å². The summed E-state index contributed by atoms with van der Waals surface area (Å²) in [6, 6.07) is 9.98. The molecule has 0 bridgehead atoms. The lowest BCUT2D eigenvalue weighted by Gasteiger charge is -2.12. The van der Waals surface area contributed by atoms with E-state index in [2.05, 4.69) is 27.5 Å². The summed E-state index contributed by atoms with van der Waals surface area (Å²) in [5, 5.41) is 5.59. The highest BCUT2D eigenvalue weighted by Gasteiger charge is 2.33. The monoisotopic (exact) mass is 479 g/mol. The van der Waals surface area contributed by atoms with Crippen LogP contribution in [0.1, 0.15) is 18.1 Å². The zero-order valence-corrected chi connectivity index (χ0v) is 16.5. The highest BCUT2D eigenvalue weighted by Crippen LogP contribution is 2.33. The molecule has 0 aliphatic carbocycles. The van der Waals surface area contributed by atoms with E-state index in [0.29, 0.717) is 0 Å². The van der Waals surface area contributed by atoms with Gasteiger partial charge in [-0.05, 0) is 36.2 Å². The second kappa shape index (κ2) is 10.2. The molecule has 1 aromatic carbocycles. The molecule has 0 radical (unpaired) electrons. The summed E-state index contributed by atoms with van der Waals surface area (Å²) < 4.78 is 38.6. The SMILES string of the molecule is CCc1cccc(NC(N)=NCCNc2ncccc2C(F)(F)F)c1.I. The standard InChI is InChI=1S/C17H20F3N5.HI/c1-2-12-5-3-6-13(11-12)25-16(21)24-10-9-23-15-14(17(18,19)20)7-4-8-22-15;/h3-8,11H,2,9-10H2,1H3,(H,22,23)(H3,21,24,25);1H. The van der Waals surface area contributed by atoms with Crippen molar-refractivity contribution in [1.29, 1.82) is 0 Å². The third kappa shape index (κ3) is 6.70. The number of halogens is 4. The number of rotatable bonds is 6. The lowest BCUT2D eigenvalue weighted by molar-refractivity contribution is -0.137. The molecule has 1 heterocycles. The fourth-order valence-electron chi connectivity index (χ4n) is 2.18. The molecule has 2 aromatic rings. The van der Waals surface area contributed by atoms with Gasteiger partial charge in [0, 0.05) is 18.4 Å². The molecule has 4 N–H and O–H groups in total. The Morgan fingerprint density at radius 2 is 2.00 bits per heavy atom. The number of aliphatic imine (C=N–C) groups is 1. The summed E-state index contributed by atoms with van der Waals surface area (Å²) in [5.41, 5.74) is 6.97. The van der Waals surface area contributed by atoms with Crippen LogP contribution in [0.3, 0.4) is 0 Å². The molecule has 2 rings (SSSR count). The van der Waals surface area contributed by atoms with Crippen LogP contribution in [0, 0.1) is 0 Å². The van der Waals surface area contributed by atoms with E-state index in [-0.39, 0.29) is 48.8 Å². The molecule has 0 amide bonds. The van der Waals surface area contributed by atoms with Gasteiger partial charge in [0.2, 0.25) is 0 Å². The Bertz CT molecular complexity index is 734. The van der Waals surface area contributed by atoms with Gasteiger partial charge in [-0.25, -0.2) is 4.98 Å². The fraction of sp³-hybridized carbons (Fsp3) is 0.294. The Labute approximate surface area is 167 Å². The number of aryl methyl sites for hydroxylation is 1. The van der Waals surface area contributed by atoms with E-state index in [1.807, 2.05) is 24.3 Å². The predicted molar refractivity (Wildman–Crippen MR) is 109 cm³/mol. The number of nitrogens with one attached hydrogen (secondary N) is 2. The molecule has 0 saturated heterocycles. The van der Waals surface area contributed by atoms with E-state index in [0.717, 1.165) is 23.7 Å². The Morgan fingerprint density at radius 3 is 2.69 bits per heavy atom. The summed E-state index contributed by atoms with van der Waals surface area (Å²) in [4.78, 5) is 7.82. The number of aromatic nitrogens is 1. The van der Waals surface area contributed by atoms with E-state index < -0.39 is 11.7 Å². The molecule has 0 spiro atoms. The van der Waals surface area contributed by atoms with E-state index in [9.17, 15) is 13.2 Å². The van der Waals surface area contributed by atoms with Crippen LogP contribution in [0.25, 0.3) is 0 Å². The lowest BCUT2D eigenvalue weighted by atomic mass is 10.1. The Morgan fingerprint density at radius 1 is 1.23 bits per heavy atom. The van der Waals surface area contributed by atoms with Gasteiger partial charge in [-0.3, -0.25) is 4.99 Å². The van der Waals surface area contributed by atoms with Gasteiger partial charge in [-0.2, -0.15) is 13.2 Å². The second-order valence-electron chi connectivity index (χ2n) is 5.27. The van der Waals surface area contributed by atoms with Gasteiger partial charge in [0.25, 0.3) is 0 Å². The molecule has 1 aromatic heterocycles. The first-order valence-electron chi connectivity index (χ1n) is 7.82. The Kier molecular flexibility index (Phi) is 8.62. The predicted octanol–water partition coefficient (Wildman–Crippen LogP) is 4.12. The van der Waals surface area contributed by atoms with Crippen molar-refractivity contribution in [2.75, 3.05) is 23.7 Å². The van der Waals surface area contributed by atoms with Crippen molar-refractivity contribution in [2.45, 2.75) is 19.5 Å². The maximum atomic E-state index is 12.9. The van der Waals surface area contributed by atoms with E-state index >= 15 is 0 Å². The number of benzene rings is 1. The van der Waals surface area contributed by atoms with E-state index in [4.69, 9.17) is 5.73 Å². The number of anilines is 2. The molecular weight excluding hydrogens is 458 g/mol. The van der Waals surface area contributed by atoms with Crippen LogP contribution >= 0.6 is 24.0 Å². The third-order valence-electron chi connectivity index (χ3n) is 3.41. The van der Waals surface area contributed by atoms with Gasteiger partial charge in [0.15, 0.2) is 5.96 Å². The van der Waals surface area contributed by atoms with Crippen molar-refractivity contribution in [3.63, 3.8) is 0 Å². The number of hydrogen-bond acceptors (Lipinski definition) is 3. The zero-order chi connectivity index (χ0) is 18.3. The number of hydrogen-bond donors (Lipinski definition) is 3. The summed E-state index contributed by atoms with van der Waals surface area (Å²) in [5.74, 6) is -0.0144. The number of guanidine groups is 1. The van der Waals surface area contributed by atoms with E-state index in [1.54, 1.807) is 0 Å². The quantitative estimate of drug-likeness (QED) is 0.252. The zero-order valence-electron chi connectivity index (χ0n) is 14.2. The van der Waals surface area contributed by atoms with Crippen molar-refractivity contribution >= 4 is 41.4 Å². The highest BCUT2D eigenvalue weighted by molar-refractivity contribution is 14.0. The molecular formula is C17H21F3IN5. The maximum Gasteiger partial charge on any atom is 0.419 e. The molecule has 9 heteroatoms. The van der Waals surface area contributed by atoms with Crippen LogP contribution in [0.2, 0.25) is 0 Å². The molecule has 142 valence electrons. The van der Waals surface area contributed by atoms with Crippen LogP contribution in [0.15, 0.2) is 47.6 Å². The second-order valence-corrected chi connectivity index (χ2v) is 5.27. The first-order chi connectivity index (χ1) is 11.9. The molecule has 0 saturated carbocycles. The van der Waals surface area contributed by atoms with Gasteiger partial charge < -0.3 is 16.4 Å². The van der Waals surface area contributed by atoms with Crippen LogP contribution in [-0.4, -0.2) is 24.0 Å². The summed E-state index contributed by atoms with van der Waals surface area (Å²) in [6.07, 6.45) is -2.25. The van der Waals surface area contributed by atoms with Crippen LogP contribution < -0.4 is 16.4 Å². The molecule has 0 aliphatic rings. The average Bonchev–Trinajstić information content (AvgIpc) is 2.58. The normalized spacial score (nSPS) is 11.6. The average molecular weight is 479 g/mol. The molecule has 0 unspecified atom stereocenters. The van der Waals surface area contributed by atoms with Gasteiger partial charge in [0.05, 0.1) is 12.1 Å². The summed E-state index contributed by atoms with van der Waals surface area (Å²) >= 11 is 0. The number of alkyl halides is 3. The van der Waals surface area contributed by atoms with Crippen molar-refractivity contribution in [1.82, 2.24) is 4.98 Å². The van der Waals surface area contributed by atoms with Crippen LogP contribution in [0.4, 0.5) is 24.7 Å². The van der Waals surface area contributed by atoms with Gasteiger partial charge in [-0.15, -0.1) is 24.0 Å². The minimum Gasteiger partial charge on any atom is -0.370 e. The summed E-state index contributed by atoms with van der Waals surface area (Å²) in [7, 11) is 0. The molecule has 26 heavy (non-hydrogen) atoms. The van der Waals surface area contributed by atoms with Crippen molar-refractivity contribution in [3.8, 4) is 0 Å². The maximum absolute atomic E-state index is 12.9. The fourth-order valence-corrected chi connectivity index (χ4v) is 2.18.